The van der Waals surface area contributed by atoms with Crippen molar-refractivity contribution in [1.29, 1.82) is 0 Å². The van der Waals surface area contributed by atoms with Gasteiger partial charge >= 0.3 is 5.97 Å². The zero-order valence-corrected chi connectivity index (χ0v) is 11.8. The number of rotatable bonds is 5. The van der Waals surface area contributed by atoms with E-state index in [2.05, 4.69) is 5.32 Å². The van der Waals surface area contributed by atoms with Gasteiger partial charge in [-0.15, -0.1) is 0 Å². The molecule has 0 saturated heterocycles. The van der Waals surface area contributed by atoms with Gasteiger partial charge in [0.05, 0.1) is 0 Å². The zero-order chi connectivity index (χ0) is 15.6. The molecule has 1 amide bonds. The first-order valence-electron chi connectivity index (χ1n) is 6.67. The van der Waals surface area contributed by atoms with Crippen molar-refractivity contribution in [1.82, 2.24) is 5.32 Å². The summed E-state index contributed by atoms with van der Waals surface area (Å²) in [5.41, 5.74) is 0.491. The van der Waals surface area contributed by atoms with Gasteiger partial charge in [-0.05, 0) is 19.4 Å². The number of aliphatic carboxylic acids is 1. The lowest BCUT2D eigenvalue weighted by molar-refractivity contribution is -0.139. The van der Waals surface area contributed by atoms with Crippen molar-refractivity contribution in [2.45, 2.75) is 32.7 Å². The Morgan fingerprint density at radius 1 is 1.43 bits per heavy atom. The molecule has 2 aromatic rings. The number of carboxylic acids is 1. The molecule has 1 aromatic heterocycles. The largest absolute Gasteiger partial charge is 0.480 e. The van der Waals surface area contributed by atoms with E-state index in [-0.39, 0.29) is 11.3 Å². The molecule has 5 nitrogen and oxygen atoms in total. The Morgan fingerprint density at radius 3 is 2.71 bits per heavy atom. The number of aryl methyl sites for hydroxylation is 1. The van der Waals surface area contributed by atoms with Crippen molar-refractivity contribution in [3.05, 3.63) is 35.3 Å². The van der Waals surface area contributed by atoms with Crippen molar-refractivity contribution in [3.8, 4) is 0 Å². The van der Waals surface area contributed by atoms with Crippen molar-refractivity contribution < 1.29 is 23.5 Å². The van der Waals surface area contributed by atoms with Crippen molar-refractivity contribution >= 4 is 22.8 Å². The van der Waals surface area contributed by atoms with E-state index >= 15 is 0 Å². The van der Waals surface area contributed by atoms with Gasteiger partial charge in [0, 0.05) is 10.9 Å². The maximum atomic E-state index is 13.6. The number of benzene rings is 1. The molecule has 0 aliphatic heterocycles. The number of furan rings is 1. The molecule has 0 radical (unpaired) electrons. The number of para-hydroxylation sites is 1. The van der Waals surface area contributed by atoms with Crippen molar-refractivity contribution in [2.24, 2.45) is 0 Å². The Kier molecular flexibility index (Phi) is 4.26. The lowest BCUT2D eigenvalue weighted by atomic mass is 10.1. The predicted octanol–water partition coefficient (Wildman–Crippen LogP) is 2.86. The highest BCUT2D eigenvalue weighted by Crippen LogP contribution is 2.27. The molecule has 21 heavy (non-hydrogen) atoms. The first kappa shape index (κ1) is 15.0. The molecule has 0 saturated carbocycles. The SMILES string of the molecule is CCCC(NC(=O)c1oc2c(F)cccc2c1C)C(=O)O. The minimum atomic E-state index is -1.11. The lowest BCUT2D eigenvalue weighted by Gasteiger charge is -2.12. The van der Waals surface area contributed by atoms with Crippen LogP contribution in [-0.4, -0.2) is 23.0 Å². The van der Waals surface area contributed by atoms with E-state index < -0.39 is 23.7 Å². The number of carbonyl (C=O) groups excluding carboxylic acids is 1. The van der Waals surface area contributed by atoms with E-state index in [4.69, 9.17) is 9.52 Å². The average molecular weight is 293 g/mol. The minimum absolute atomic E-state index is 0.00233. The normalized spacial score (nSPS) is 12.3. The third-order valence-corrected chi connectivity index (χ3v) is 3.30. The smallest absolute Gasteiger partial charge is 0.326 e. The third kappa shape index (κ3) is 2.89. The van der Waals surface area contributed by atoms with Crippen LogP contribution in [-0.2, 0) is 4.79 Å². The van der Waals surface area contributed by atoms with Crippen LogP contribution in [0.4, 0.5) is 4.39 Å². The number of carbonyl (C=O) groups is 2. The van der Waals surface area contributed by atoms with E-state index in [9.17, 15) is 14.0 Å². The van der Waals surface area contributed by atoms with E-state index in [0.717, 1.165) is 0 Å². The molecule has 1 atom stereocenters. The molecular weight excluding hydrogens is 277 g/mol. The number of hydrogen-bond acceptors (Lipinski definition) is 3. The van der Waals surface area contributed by atoms with Crippen LogP contribution < -0.4 is 5.32 Å². The van der Waals surface area contributed by atoms with Crippen LogP contribution >= 0.6 is 0 Å². The fraction of sp³-hybridized carbons (Fsp3) is 0.333. The van der Waals surface area contributed by atoms with Gasteiger partial charge in [0.15, 0.2) is 17.2 Å². The van der Waals surface area contributed by atoms with Crippen molar-refractivity contribution in [2.75, 3.05) is 0 Å². The highest BCUT2D eigenvalue weighted by atomic mass is 19.1. The average Bonchev–Trinajstić information content (AvgIpc) is 2.77. The Morgan fingerprint density at radius 2 is 2.14 bits per heavy atom. The van der Waals surface area contributed by atoms with E-state index in [1.165, 1.54) is 12.1 Å². The van der Waals surface area contributed by atoms with E-state index in [0.29, 0.717) is 23.8 Å². The summed E-state index contributed by atoms with van der Waals surface area (Å²) in [5.74, 6) is -2.37. The van der Waals surface area contributed by atoms with Gasteiger partial charge in [0.2, 0.25) is 0 Å². The number of fused-ring (bicyclic) bond motifs is 1. The predicted molar refractivity (Wildman–Crippen MR) is 74.7 cm³/mol. The first-order chi connectivity index (χ1) is 9.95. The van der Waals surface area contributed by atoms with Crippen LogP contribution in [0.15, 0.2) is 22.6 Å². The van der Waals surface area contributed by atoms with Crippen LogP contribution in [0.5, 0.6) is 0 Å². The first-order valence-corrected chi connectivity index (χ1v) is 6.67. The Labute approximate surface area is 120 Å². The summed E-state index contributed by atoms with van der Waals surface area (Å²) in [6.07, 6.45) is 0.930. The fourth-order valence-corrected chi connectivity index (χ4v) is 2.20. The standard InChI is InChI=1S/C15H16FNO4/c1-3-5-11(15(19)20)17-14(18)12-8(2)9-6-4-7-10(16)13(9)21-12/h4,6-7,11H,3,5H2,1-2H3,(H,17,18)(H,19,20). The number of nitrogens with one attached hydrogen (secondary N) is 1. The summed E-state index contributed by atoms with van der Waals surface area (Å²) >= 11 is 0. The molecular formula is C15H16FNO4. The molecule has 0 fully saturated rings. The Balaban J connectivity index is 2.33. The van der Waals surface area contributed by atoms with Crippen LogP contribution in [0.1, 0.15) is 35.9 Å². The van der Waals surface area contributed by atoms with Crippen LogP contribution in [0.25, 0.3) is 11.0 Å². The molecule has 1 heterocycles. The molecule has 112 valence electrons. The van der Waals surface area contributed by atoms with Gasteiger partial charge in [-0.2, -0.15) is 0 Å². The monoisotopic (exact) mass is 293 g/mol. The van der Waals surface area contributed by atoms with Gasteiger partial charge in [-0.3, -0.25) is 4.79 Å². The van der Waals surface area contributed by atoms with Gasteiger partial charge in [-0.25, -0.2) is 9.18 Å². The highest BCUT2D eigenvalue weighted by molar-refractivity contribution is 6.00. The minimum Gasteiger partial charge on any atom is -0.480 e. The second kappa shape index (κ2) is 5.95. The number of amides is 1. The lowest BCUT2D eigenvalue weighted by Crippen LogP contribution is -2.40. The summed E-state index contributed by atoms with van der Waals surface area (Å²) in [4.78, 5) is 23.2. The van der Waals surface area contributed by atoms with Gasteiger partial charge in [0.25, 0.3) is 5.91 Å². The summed E-state index contributed by atoms with van der Waals surface area (Å²) in [6, 6.07) is 3.43. The second-order valence-corrected chi connectivity index (χ2v) is 4.83. The third-order valence-electron chi connectivity index (χ3n) is 3.30. The number of hydrogen-bond donors (Lipinski definition) is 2. The van der Waals surface area contributed by atoms with Crippen LogP contribution in [0.2, 0.25) is 0 Å². The summed E-state index contributed by atoms with van der Waals surface area (Å²) in [6.45, 7) is 3.46. The molecule has 2 N–H and O–H groups in total. The number of halogens is 1. The maximum Gasteiger partial charge on any atom is 0.326 e. The van der Waals surface area contributed by atoms with Gasteiger partial charge < -0.3 is 14.8 Å². The van der Waals surface area contributed by atoms with Gasteiger partial charge in [-0.1, -0.05) is 25.5 Å². The summed E-state index contributed by atoms with van der Waals surface area (Å²) < 4.78 is 18.9. The molecule has 0 aliphatic rings. The molecule has 1 aromatic carbocycles. The highest BCUT2D eigenvalue weighted by Gasteiger charge is 2.24. The van der Waals surface area contributed by atoms with E-state index in [1.807, 2.05) is 6.92 Å². The zero-order valence-electron chi connectivity index (χ0n) is 11.8. The van der Waals surface area contributed by atoms with Gasteiger partial charge in [0.1, 0.15) is 6.04 Å². The second-order valence-electron chi connectivity index (χ2n) is 4.83. The molecule has 0 spiro atoms. The quantitative estimate of drug-likeness (QED) is 0.888. The molecule has 0 aliphatic carbocycles. The topological polar surface area (TPSA) is 79.5 Å². The van der Waals surface area contributed by atoms with Crippen LogP contribution in [0, 0.1) is 12.7 Å². The fourth-order valence-electron chi connectivity index (χ4n) is 2.20. The number of carboxylic acid groups (broad SMARTS) is 1. The Bertz CT molecular complexity index is 692. The summed E-state index contributed by atoms with van der Waals surface area (Å²) in [5, 5.41) is 12.0. The van der Waals surface area contributed by atoms with Crippen LogP contribution in [0.3, 0.4) is 0 Å². The van der Waals surface area contributed by atoms with E-state index in [1.54, 1.807) is 13.0 Å². The summed E-state index contributed by atoms with van der Waals surface area (Å²) in [7, 11) is 0. The molecule has 6 heteroatoms. The molecule has 1 unspecified atom stereocenters. The molecule has 0 bridgehead atoms. The Hall–Kier alpha value is -2.37. The maximum absolute atomic E-state index is 13.6. The van der Waals surface area contributed by atoms with Crippen molar-refractivity contribution in [3.63, 3.8) is 0 Å². The molecule has 2 rings (SSSR count).